The lowest BCUT2D eigenvalue weighted by Gasteiger charge is -2.03. The number of nitrogens with zero attached hydrogens (tertiary/aromatic N) is 3. The van der Waals surface area contributed by atoms with Gasteiger partial charge in [0.25, 0.3) is 11.2 Å². The number of H-pyrrole nitrogens is 1. The minimum absolute atomic E-state index is 0.0805. The number of aromatic amines is 1. The highest BCUT2D eigenvalue weighted by Gasteiger charge is 2.20. The first kappa shape index (κ1) is 20.1. The van der Waals surface area contributed by atoms with Crippen molar-refractivity contribution in [1.82, 2.24) is 9.78 Å². The average molecular weight is 374 g/mol. The van der Waals surface area contributed by atoms with Gasteiger partial charge in [0.1, 0.15) is 0 Å². The first-order chi connectivity index (χ1) is 12.7. The van der Waals surface area contributed by atoms with Crippen LogP contribution in [0.2, 0.25) is 0 Å². The number of methoxy groups -OCH3 is 1. The summed E-state index contributed by atoms with van der Waals surface area (Å²) in [6, 6.07) is 5.54. The molecule has 0 aliphatic heterocycles. The maximum Gasteiger partial charge on any atom is 0.311 e. The van der Waals surface area contributed by atoms with Crippen LogP contribution in [0.15, 0.2) is 34.1 Å². The number of ether oxygens (including phenoxy) is 1. The number of aromatic nitrogens is 2. The van der Waals surface area contributed by atoms with E-state index in [9.17, 15) is 19.7 Å². The second kappa shape index (κ2) is 8.43. The van der Waals surface area contributed by atoms with Crippen molar-refractivity contribution in [3.8, 4) is 5.69 Å². The molecule has 0 atom stereocenters. The summed E-state index contributed by atoms with van der Waals surface area (Å²) in [4.78, 5) is 39.4. The fourth-order valence-electron chi connectivity index (χ4n) is 2.50. The minimum atomic E-state index is -0.516. The van der Waals surface area contributed by atoms with E-state index in [2.05, 4.69) is 10.1 Å². The van der Waals surface area contributed by atoms with Crippen LogP contribution in [0.4, 0.5) is 5.69 Å². The molecule has 9 heteroatoms. The molecule has 27 heavy (non-hydrogen) atoms. The molecule has 0 radical (unpaired) electrons. The van der Waals surface area contributed by atoms with Gasteiger partial charge in [-0.05, 0) is 25.0 Å². The van der Waals surface area contributed by atoms with Gasteiger partial charge in [-0.2, -0.15) is 0 Å². The van der Waals surface area contributed by atoms with Crippen molar-refractivity contribution in [1.29, 1.82) is 0 Å². The highest BCUT2D eigenvalue weighted by atomic mass is 16.6. The highest BCUT2D eigenvalue weighted by Crippen LogP contribution is 2.15. The predicted octanol–water partition coefficient (Wildman–Crippen LogP) is 2.25. The van der Waals surface area contributed by atoms with E-state index >= 15 is 0 Å². The van der Waals surface area contributed by atoms with Crippen LogP contribution >= 0.6 is 0 Å². The van der Waals surface area contributed by atoms with E-state index < -0.39 is 10.9 Å². The largest absolute Gasteiger partial charge is 0.469 e. The molecule has 0 unspecified atom stereocenters. The van der Waals surface area contributed by atoms with E-state index in [1.807, 2.05) is 13.8 Å². The minimum Gasteiger partial charge on any atom is -0.469 e. The van der Waals surface area contributed by atoms with Gasteiger partial charge in [0.15, 0.2) is 0 Å². The molecule has 1 aromatic heterocycles. The Morgan fingerprint density at radius 3 is 2.48 bits per heavy atom. The summed E-state index contributed by atoms with van der Waals surface area (Å²) in [6.07, 6.45) is -0.115. The number of nitro benzene ring substituents is 1. The van der Waals surface area contributed by atoms with E-state index in [-0.39, 0.29) is 17.7 Å². The second-order valence-electron chi connectivity index (χ2n) is 6.45. The molecule has 1 N–H and O–H groups in total. The number of carbonyl (C=O) groups is 1. The Bertz CT molecular complexity index is 922. The van der Waals surface area contributed by atoms with E-state index in [0.29, 0.717) is 35.1 Å². The third-order valence-electron chi connectivity index (χ3n) is 3.89. The monoisotopic (exact) mass is 374 g/mol. The molecule has 0 spiro atoms. The van der Waals surface area contributed by atoms with Crippen LogP contribution in [0.25, 0.3) is 5.69 Å². The fraction of sp³-hybridized carbons (Fsp3) is 0.389. The molecule has 0 amide bonds. The van der Waals surface area contributed by atoms with Crippen molar-refractivity contribution in [2.75, 3.05) is 13.7 Å². The van der Waals surface area contributed by atoms with Crippen LogP contribution < -0.4 is 5.56 Å². The lowest BCUT2D eigenvalue weighted by molar-refractivity contribution is -0.384. The summed E-state index contributed by atoms with van der Waals surface area (Å²) < 4.78 is 5.94. The third-order valence-corrected chi connectivity index (χ3v) is 3.89. The first-order valence-electron chi connectivity index (χ1n) is 8.41. The Kier molecular flexibility index (Phi) is 6.27. The lowest BCUT2D eigenvalue weighted by atomic mass is 10.1. The smallest absolute Gasteiger partial charge is 0.311 e. The standard InChI is InChI=1S/C18H22N4O5/c1-11(2)10-19-12(3)17-15(9-16(23)27-4)20-21(18(17)24)13-5-7-14(8-6-13)22(25)26/h5-8,11,20H,9-10H2,1-4H3. The van der Waals surface area contributed by atoms with Crippen LogP contribution in [-0.4, -0.2) is 40.0 Å². The quantitative estimate of drug-likeness (QED) is 0.345. The SMILES string of the molecule is COC(=O)Cc1[nH]n(-c2ccc([N+](=O)[O-])cc2)c(=O)c1C(C)=NCC(C)C. The van der Waals surface area contributed by atoms with E-state index in [0.717, 1.165) is 0 Å². The van der Waals surface area contributed by atoms with Crippen molar-refractivity contribution >= 4 is 17.4 Å². The average Bonchev–Trinajstić information content (AvgIpc) is 2.95. The van der Waals surface area contributed by atoms with Crippen LogP contribution in [0.5, 0.6) is 0 Å². The molecule has 0 saturated carbocycles. The zero-order chi connectivity index (χ0) is 20.1. The van der Waals surface area contributed by atoms with Crippen LogP contribution in [0.1, 0.15) is 32.0 Å². The number of aliphatic imine (C=N–C) groups is 1. The summed E-state index contributed by atoms with van der Waals surface area (Å²) in [5.74, 6) is -0.176. The van der Waals surface area contributed by atoms with Gasteiger partial charge >= 0.3 is 5.97 Å². The Hall–Kier alpha value is -3.23. The number of hydrogen-bond donors (Lipinski definition) is 1. The van der Waals surface area contributed by atoms with Gasteiger partial charge in [0, 0.05) is 24.4 Å². The zero-order valence-electron chi connectivity index (χ0n) is 15.7. The van der Waals surface area contributed by atoms with Gasteiger partial charge in [-0.15, -0.1) is 0 Å². The molecule has 0 aliphatic rings. The summed E-state index contributed by atoms with van der Waals surface area (Å²) in [5.41, 5.74) is 1.16. The van der Waals surface area contributed by atoms with Crippen molar-refractivity contribution < 1.29 is 14.5 Å². The maximum atomic E-state index is 12.9. The molecule has 144 valence electrons. The number of hydrogen-bond acceptors (Lipinski definition) is 6. The molecular weight excluding hydrogens is 352 g/mol. The molecule has 0 bridgehead atoms. The van der Waals surface area contributed by atoms with E-state index in [1.54, 1.807) is 6.92 Å². The van der Waals surface area contributed by atoms with Crippen LogP contribution in [0.3, 0.4) is 0 Å². The van der Waals surface area contributed by atoms with E-state index in [1.165, 1.54) is 36.1 Å². The summed E-state index contributed by atoms with van der Waals surface area (Å²) >= 11 is 0. The Morgan fingerprint density at radius 2 is 1.96 bits per heavy atom. The predicted molar refractivity (Wildman–Crippen MR) is 101 cm³/mol. The molecule has 1 heterocycles. The number of carbonyl (C=O) groups excluding carboxylic acids is 1. The van der Waals surface area contributed by atoms with Gasteiger partial charge in [-0.1, -0.05) is 13.8 Å². The molecule has 1 aromatic carbocycles. The van der Waals surface area contributed by atoms with Gasteiger partial charge < -0.3 is 4.74 Å². The van der Waals surface area contributed by atoms with Gasteiger partial charge in [0.05, 0.1) is 35.4 Å². The normalized spacial score (nSPS) is 11.7. The van der Waals surface area contributed by atoms with Crippen molar-refractivity contribution in [2.45, 2.75) is 27.2 Å². The molecule has 0 saturated heterocycles. The van der Waals surface area contributed by atoms with Gasteiger partial charge in [-0.3, -0.25) is 29.8 Å². The topological polar surface area (TPSA) is 120 Å². The molecule has 2 aromatic rings. The second-order valence-corrected chi connectivity index (χ2v) is 6.45. The lowest BCUT2D eigenvalue weighted by Crippen LogP contribution is -2.20. The number of non-ortho nitro benzene ring substituents is 1. The molecule has 0 aliphatic carbocycles. The molecule has 2 rings (SSSR count). The number of rotatable bonds is 7. The maximum absolute atomic E-state index is 12.9. The Balaban J connectivity index is 2.54. The van der Waals surface area contributed by atoms with Gasteiger partial charge in [-0.25, -0.2) is 4.68 Å². The molecule has 9 nitrogen and oxygen atoms in total. The van der Waals surface area contributed by atoms with Crippen LogP contribution in [0, 0.1) is 16.0 Å². The fourth-order valence-corrected chi connectivity index (χ4v) is 2.50. The molecule has 0 fully saturated rings. The first-order valence-corrected chi connectivity index (χ1v) is 8.41. The zero-order valence-corrected chi connectivity index (χ0v) is 15.7. The third kappa shape index (κ3) is 4.69. The van der Waals surface area contributed by atoms with Crippen molar-refractivity contribution in [3.05, 3.63) is 56.0 Å². The van der Waals surface area contributed by atoms with Crippen LogP contribution in [-0.2, 0) is 16.0 Å². The van der Waals surface area contributed by atoms with E-state index in [4.69, 9.17) is 4.74 Å². The van der Waals surface area contributed by atoms with Crippen molar-refractivity contribution in [2.24, 2.45) is 10.9 Å². The molecular formula is C18H22N4O5. The number of nitrogens with one attached hydrogen (secondary N) is 1. The summed E-state index contributed by atoms with van der Waals surface area (Å²) in [7, 11) is 1.27. The van der Waals surface area contributed by atoms with Gasteiger partial charge in [0.2, 0.25) is 0 Å². The Labute approximate surface area is 155 Å². The highest BCUT2D eigenvalue weighted by molar-refractivity contribution is 6.00. The number of benzene rings is 1. The summed E-state index contributed by atoms with van der Waals surface area (Å²) in [5, 5.41) is 13.7. The van der Waals surface area contributed by atoms with Crippen molar-refractivity contribution in [3.63, 3.8) is 0 Å². The number of esters is 1. The summed E-state index contributed by atoms with van der Waals surface area (Å²) in [6.45, 7) is 6.29. The Morgan fingerprint density at radius 1 is 1.33 bits per heavy atom. The number of nitro groups is 1.